The van der Waals surface area contributed by atoms with Gasteiger partial charge in [0.15, 0.2) is 28.7 Å². The highest BCUT2D eigenvalue weighted by Gasteiger charge is 2.42. The van der Waals surface area contributed by atoms with Crippen molar-refractivity contribution in [2.75, 3.05) is 26.2 Å². The largest absolute Gasteiger partial charge is 0.609 e. The van der Waals surface area contributed by atoms with Crippen LogP contribution in [-0.2, 0) is 64.1 Å². The van der Waals surface area contributed by atoms with Gasteiger partial charge in [0, 0.05) is 56.3 Å². The van der Waals surface area contributed by atoms with Crippen molar-refractivity contribution >= 4 is 50.8 Å². The van der Waals surface area contributed by atoms with Gasteiger partial charge >= 0.3 is 22.7 Å². The Balaban J connectivity index is 0.866. The number of carbonyl (C=O) groups is 1. The minimum absolute atomic E-state index is 0.0581. The molecule has 2 aromatic carbocycles. The van der Waals surface area contributed by atoms with Crippen LogP contribution in [0.25, 0.3) is 11.4 Å². The predicted octanol–water partition coefficient (Wildman–Crippen LogP) is 6.98. The van der Waals surface area contributed by atoms with E-state index in [0.29, 0.717) is 74.6 Å². The fourth-order valence-electron chi connectivity index (χ4n) is 9.56. The maximum atomic E-state index is 15.5. The lowest BCUT2D eigenvalue weighted by atomic mass is 9.91. The molecule has 29 heteroatoms. The normalized spacial score (nSPS) is 17.3. The van der Waals surface area contributed by atoms with E-state index in [-0.39, 0.29) is 58.1 Å². The highest BCUT2D eigenvalue weighted by molar-refractivity contribution is 7.90. The van der Waals surface area contributed by atoms with Crippen LogP contribution in [-0.4, -0.2) is 133 Å². The number of alkyl halides is 6. The smallest absolute Gasteiger partial charge is 0.435 e. The predicted molar refractivity (Wildman–Crippen MR) is 266 cm³/mol. The van der Waals surface area contributed by atoms with Crippen LogP contribution in [0.15, 0.2) is 93.9 Å². The average Bonchev–Trinajstić information content (AvgIpc) is 4.30. The molecule has 8 aromatic rings. The van der Waals surface area contributed by atoms with Crippen LogP contribution in [0.3, 0.4) is 0 Å². The Hall–Kier alpha value is -5.95. The zero-order chi connectivity index (χ0) is 53.3. The van der Waals surface area contributed by atoms with Crippen LogP contribution in [0.2, 0.25) is 0 Å². The van der Waals surface area contributed by atoms with Gasteiger partial charge in [-0.2, -0.15) is 45.9 Å². The van der Waals surface area contributed by atoms with Crippen LogP contribution >= 0.6 is 22.7 Å². The standard InChI is InChI=1S/C47H48F6N16O3S4/c1-29-21-39(46(48,49)50)58-66(29)23-37(64-17-13-31(14-18-64)42-54-33(25-73-42)27-75(71)44-56-60-62-68(44)35-9-5-3-6-10-35)41(70)38(24-67-30(2)22-40(59-67)47(51,52)53)65-19-15-32(16-20-65)43-55-34(26-74-43)28-76(72)45-57-61-63-69(45)36-11-7-4-8-12-36/h3-12,21-22,25-26,31-32,37-38H,13-20,23-24,27-28H2,1-2H3. The van der Waals surface area contributed by atoms with Crippen molar-refractivity contribution in [3.63, 3.8) is 0 Å². The van der Waals surface area contributed by atoms with E-state index < -0.39 is 64.0 Å². The number of nitrogens with zero attached hydrogens (tertiary/aromatic N) is 16. The van der Waals surface area contributed by atoms with Gasteiger partial charge in [-0.25, -0.2) is 9.97 Å². The molecule has 0 aliphatic carbocycles. The summed E-state index contributed by atoms with van der Waals surface area (Å²) >= 11 is -0.435. The molecule has 8 heterocycles. The van der Waals surface area contributed by atoms with Gasteiger partial charge in [-0.05, 0) is 123 Å². The molecule has 0 radical (unpaired) electrons. The molecule has 0 saturated carbocycles. The van der Waals surface area contributed by atoms with Gasteiger partial charge in [0.25, 0.3) is 0 Å². The minimum Gasteiger partial charge on any atom is -0.609 e. The van der Waals surface area contributed by atoms with Crippen molar-refractivity contribution in [1.29, 1.82) is 0 Å². The Labute approximate surface area is 444 Å². The van der Waals surface area contributed by atoms with Crippen LogP contribution < -0.4 is 0 Å². The number of aromatic nitrogens is 14. The van der Waals surface area contributed by atoms with E-state index in [4.69, 9.17) is 9.97 Å². The lowest BCUT2D eigenvalue weighted by Gasteiger charge is -2.41. The van der Waals surface area contributed by atoms with Crippen molar-refractivity contribution in [2.45, 2.75) is 111 Å². The molecule has 0 bridgehead atoms. The summed E-state index contributed by atoms with van der Waals surface area (Å²) in [5, 5.41) is 36.9. The van der Waals surface area contributed by atoms with Crippen molar-refractivity contribution in [3.8, 4) is 11.4 Å². The molecule has 6 aromatic heterocycles. The number of aryl methyl sites for hydroxylation is 2. The third-order valence-corrected chi connectivity index (χ3v) is 18.1. The zero-order valence-electron chi connectivity index (χ0n) is 40.7. The number of likely N-dealkylation sites (tertiary alicyclic amines) is 2. The number of rotatable bonds is 18. The first-order valence-electron chi connectivity index (χ1n) is 24.0. The maximum absolute atomic E-state index is 15.5. The Morgan fingerprint density at radius 1 is 0.632 bits per heavy atom. The number of hydrogen-bond acceptors (Lipinski definition) is 17. The second-order valence-electron chi connectivity index (χ2n) is 18.5. The molecule has 2 fully saturated rings. The summed E-state index contributed by atoms with van der Waals surface area (Å²) in [7, 11) is 0. The first-order valence-corrected chi connectivity index (χ1v) is 28.4. The molecule has 4 unspecified atom stereocenters. The summed E-state index contributed by atoms with van der Waals surface area (Å²) in [6.07, 6.45) is -7.41. The topological polar surface area (TPSA) is 218 Å². The van der Waals surface area contributed by atoms with Gasteiger partial charge in [0.2, 0.25) is 0 Å². The number of halogens is 6. The third kappa shape index (κ3) is 11.9. The number of tetrazole rings is 2. The van der Waals surface area contributed by atoms with E-state index in [1.54, 1.807) is 24.3 Å². The number of piperidine rings is 2. The summed E-state index contributed by atoms with van der Waals surface area (Å²) in [6, 6.07) is 17.9. The quantitative estimate of drug-likeness (QED) is 0.0625. The van der Waals surface area contributed by atoms with Crippen LogP contribution in [0.5, 0.6) is 0 Å². The molecule has 19 nitrogen and oxygen atoms in total. The van der Waals surface area contributed by atoms with E-state index in [2.05, 4.69) is 41.2 Å². The number of para-hydroxylation sites is 2. The highest BCUT2D eigenvalue weighted by atomic mass is 32.2. The lowest BCUT2D eigenvalue weighted by Crippen LogP contribution is -2.57. The van der Waals surface area contributed by atoms with E-state index >= 15 is 4.79 Å². The first kappa shape index (κ1) is 53.4. The molecule has 2 aliphatic heterocycles. The monoisotopic (exact) mass is 1130 g/mol. The number of benzene rings is 2. The number of carbonyl (C=O) groups excluding carboxylic acids is 1. The fourth-order valence-corrected chi connectivity index (χ4v) is 13.8. The molecule has 0 N–H and O–H groups in total. The molecule has 400 valence electrons. The van der Waals surface area contributed by atoms with Crippen molar-refractivity contribution in [1.82, 2.24) is 79.7 Å². The van der Waals surface area contributed by atoms with Crippen molar-refractivity contribution in [2.24, 2.45) is 0 Å². The Morgan fingerprint density at radius 2 is 1.01 bits per heavy atom. The summed E-state index contributed by atoms with van der Waals surface area (Å²) in [4.78, 5) is 29.0. The van der Waals surface area contributed by atoms with Gasteiger partial charge in [-0.15, -0.1) is 22.7 Å². The molecule has 2 aliphatic rings. The summed E-state index contributed by atoms with van der Waals surface area (Å²) in [6.45, 7) is 3.82. The van der Waals surface area contributed by atoms with Crippen molar-refractivity contribution in [3.05, 3.63) is 128 Å². The number of Topliss-reactive ketones (excluding diaryl/α,β-unsaturated/α-hetero) is 1. The number of thiazole rings is 2. The van der Waals surface area contributed by atoms with Crippen LogP contribution in [0, 0.1) is 13.8 Å². The van der Waals surface area contributed by atoms with Crippen molar-refractivity contribution < 1.29 is 40.2 Å². The number of hydrogen-bond donors (Lipinski definition) is 0. The Morgan fingerprint density at radius 3 is 1.37 bits per heavy atom. The minimum atomic E-state index is -4.75. The van der Waals surface area contributed by atoms with Gasteiger partial charge in [0.1, 0.15) is 11.4 Å². The Bertz CT molecular complexity index is 3010. The van der Waals surface area contributed by atoms with Gasteiger partial charge in [-0.3, -0.25) is 24.0 Å². The van der Waals surface area contributed by atoms with E-state index in [0.717, 1.165) is 22.1 Å². The second-order valence-corrected chi connectivity index (χ2v) is 23.0. The molecule has 10 rings (SSSR count). The lowest BCUT2D eigenvalue weighted by molar-refractivity contribution is -0.142. The second kappa shape index (κ2) is 22.6. The summed E-state index contributed by atoms with van der Waals surface area (Å²) in [5.74, 6) is -0.382. The Kier molecular flexibility index (Phi) is 15.9. The van der Waals surface area contributed by atoms with Crippen LogP contribution in [0.4, 0.5) is 26.3 Å². The zero-order valence-corrected chi connectivity index (χ0v) is 43.9. The molecule has 76 heavy (non-hydrogen) atoms. The average molecular weight is 1130 g/mol. The molecule has 0 amide bonds. The number of ketones is 1. The van der Waals surface area contributed by atoms with Gasteiger partial charge in [0.05, 0.1) is 46.6 Å². The van der Waals surface area contributed by atoms with E-state index in [9.17, 15) is 35.4 Å². The van der Waals surface area contributed by atoms with E-state index in [1.807, 2.05) is 57.0 Å². The maximum Gasteiger partial charge on any atom is 0.435 e. The SMILES string of the molecule is Cc1cc(C(F)(F)F)nn1CC(C(=O)C(Cn1nc(C(F)(F)F)cc1C)N1CCC(c2nc(C[S+]([O-])c3nnnn3-c3ccccc3)cs2)CC1)N1CCC(c2nc(C[S+]([O-])c3nnnn3-c3ccccc3)cs2)CC1. The molecule has 2 saturated heterocycles. The summed E-state index contributed by atoms with van der Waals surface area (Å²) in [5.41, 5.74) is 0.629. The van der Waals surface area contributed by atoms with Gasteiger partial charge in [-0.1, -0.05) is 46.6 Å². The molecule has 4 atom stereocenters. The van der Waals surface area contributed by atoms with Gasteiger partial charge < -0.3 is 9.11 Å². The highest BCUT2D eigenvalue weighted by Crippen LogP contribution is 2.36. The first-order chi connectivity index (χ1) is 36.5. The fraction of sp³-hybridized carbons (Fsp3) is 0.426. The third-order valence-electron chi connectivity index (χ3n) is 13.5. The molecular formula is C47H48F6N16O3S4. The molecule has 0 spiro atoms. The summed E-state index contributed by atoms with van der Waals surface area (Å²) < 4.78 is 117. The van der Waals surface area contributed by atoms with E-state index in [1.165, 1.54) is 55.2 Å². The molecular weight excluding hydrogens is 1080 g/mol. The van der Waals surface area contributed by atoms with Crippen LogP contribution in [0.1, 0.15) is 81.7 Å².